The van der Waals surface area contributed by atoms with E-state index >= 15 is 0 Å². The molecule has 0 aromatic heterocycles. The lowest BCUT2D eigenvalue weighted by atomic mass is 9.93. The minimum Gasteiger partial charge on any atom is -0.391 e. The first-order valence-electron chi connectivity index (χ1n) is 6.93. The first-order chi connectivity index (χ1) is 9.56. The zero-order valence-electron chi connectivity index (χ0n) is 11.6. The first-order valence-corrected chi connectivity index (χ1v) is 6.93. The van der Waals surface area contributed by atoms with Gasteiger partial charge in [-0.05, 0) is 31.9 Å². The molecule has 3 N–H and O–H groups in total. The third-order valence-corrected chi connectivity index (χ3v) is 3.57. The van der Waals surface area contributed by atoms with Gasteiger partial charge in [0.1, 0.15) is 0 Å². The number of rotatable bonds is 3. The van der Waals surface area contributed by atoms with Crippen molar-refractivity contribution in [3.05, 3.63) is 29.8 Å². The number of hydrogen-bond acceptors (Lipinski definition) is 3. The summed E-state index contributed by atoms with van der Waals surface area (Å²) < 4.78 is 0. The SMILES string of the molecule is CC(=O)c1cccc(NC(=O)N[C@@H]2CCCC[C@H]2O)c1. The lowest BCUT2D eigenvalue weighted by Gasteiger charge is -2.28. The van der Waals surface area contributed by atoms with Gasteiger partial charge >= 0.3 is 6.03 Å². The van der Waals surface area contributed by atoms with Crippen LogP contribution >= 0.6 is 0 Å². The Morgan fingerprint density at radius 1 is 1.25 bits per heavy atom. The average Bonchev–Trinajstić information content (AvgIpc) is 2.41. The van der Waals surface area contributed by atoms with E-state index in [9.17, 15) is 14.7 Å². The molecule has 0 saturated heterocycles. The molecule has 1 saturated carbocycles. The summed E-state index contributed by atoms with van der Waals surface area (Å²) in [7, 11) is 0. The number of anilines is 1. The van der Waals surface area contributed by atoms with Gasteiger partial charge in [0.05, 0.1) is 12.1 Å². The van der Waals surface area contributed by atoms with Crippen LogP contribution in [-0.4, -0.2) is 29.1 Å². The molecule has 2 rings (SSSR count). The van der Waals surface area contributed by atoms with Crippen LogP contribution in [0.2, 0.25) is 0 Å². The monoisotopic (exact) mass is 276 g/mol. The molecular formula is C15H20N2O3. The number of urea groups is 1. The second-order valence-corrected chi connectivity index (χ2v) is 5.19. The van der Waals surface area contributed by atoms with Crippen LogP contribution in [0.3, 0.4) is 0 Å². The van der Waals surface area contributed by atoms with Gasteiger partial charge in [0, 0.05) is 11.3 Å². The number of aliphatic hydroxyl groups is 1. The summed E-state index contributed by atoms with van der Waals surface area (Å²) in [6, 6.07) is 6.25. The number of hydrogen-bond donors (Lipinski definition) is 3. The van der Waals surface area contributed by atoms with E-state index in [1.807, 2.05) is 0 Å². The van der Waals surface area contributed by atoms with Crippen LogP contribution in [-0.2, 0) is 0 Å². The van der Waals surface area contributed by atoms with Crippen molar-refractivity contribution in [2.24, 2.45) is 0 Å². The second-order valence-electron chi connectivity index (χ2n) is 5.19. The molecule has 1 aromatic rings. The van der Waals surface area contributed by atoms with Crippen LogP contribution in [0.5, 0.6) is 0 Å². The highest BCUT2D eigenvalue weighted by atomic mass is 16.3. The van der Waals surface area contributed by atoms with Crippen LogP contribution in [0.25, 0.3) is 0 Å². The molecule has 0 bridgehead atoms. The van der Waals surface area contributed by atoms with Gasteiger partial charge in [0.25, 0.3) is 0 Å². The highest BCUT2D eigenvalue weighted by Gasteiger charge is 2.24. The van der Waals surface area contributed by atoms with Crippen LogP contribution in [0.1, 0.15) is 43.0 Å². The maximum absolute atomic E-state index is 11.9. The Labute approximate surface area is 118 Å². The summed E-state index contributed by atoms with van der Waals surface area (Å²) in [5.74, 6) is -0.0447. The minimum absolute atomic E-state index is 0.0447. The van der Waals surface area contributed by atoms with Gasteiger partial charge in [-0.3, -0.25) is 4.79 Å². The Morgan fingerprint density at radius 2 is 2.00 bits per heavy atom. The molecule has 20 heavy (non-hydrogen) atoms. The Balaban J connectivity index is 1.94. The third kappa shape index (κ3) is 3.81. The fourth-order valence-corrected chi connectivity index (χ4v) is 2.43. The number of carbonyl (C=O) groups excluding carboxylic acids is 2. The Hall–Kier alpha value is -1.88. The van der Waals surface area contributed by atoms with Crippen LogP contribution in [0.4, 0.5) is 10.5 Å². The van der Waals surface area contributed by atoms with Crippen molar-refractivity contribution >= 4 is 17.5 Å². The smallest absolute Gasteiger partial charge is 0.319 e. The molecular weight excluding hydrogens is 256 g/mol. The molecule has 5 heteroatoms. The quantitative estimate of drug-likeness (QED) is 0.741. The van der Waals surface area contributed by atoms with E-state index in [2.05, 4.69) is 10.6 Å². The number of ketones is 1. The Morgan fingerprint density at radius 3 is 2.70 bits per heavy atom. The normalized spacial score (nSPS) is 22.1. The number of amides is 2. The van der Waals surface area contributed by atoms with Gasteiger partial charge < -0.3 is 15.7 Å². The molecule has 1 aliphatic rings. The van der Waals surface area contributed by atoms with Crippen molar-refractivity contribution in [3.63, 3.8) is 0 Å². The molecule has 2 amide bonds. The fourth-order valence-electron chi connectivity index (χ4n) is 2.43. The Bertz CT molecular complexity index is 502. The molecule has 1 aliphatic carbocycles. The zero-order valence-corrected chi connectivity index (χ0v) is 11.6. The molecule has 1 fully saturated rings. The van der Waals surface area contributed by atoms with Crippen molar-refractivity contribution in [3.8, 4) is 0 Å². The van der Waals surface area contributed by atoms with E-state index in [0.29, 0.717) is 11.3 Å². The largest absolute Gasteiger partial charge is 0.391 e. The summed E-state index contributed by atoms with van der Waals surface area (Å²) in [6.07, 6.45) is 3.06. The van der Waals surface area contributed by atoms with E-state index in [1.54, 1.807) is 24.3 Å². The summed E-state index contributed by atoms with van der Waals surface area (Å²) in [4.78, 5) is 23.2. The van der Waals surface area contributed by atoms with Crippen LogP contribution < -0.4 is 10.6 Å². The van der Waals surface area contributed by atoms with Crippen LogP contribution in [0.15, 0.2) is 24.3 Å². The fraction of sp³-hybridized carbons (Fsp3) is 0.467. The van der Waals surface area contributed by atoms with E-state index in [4.69, 9.17) is 0 Å². The van der Waals surface area contributed by atoms with Gasteiger partial charge in [-0.2, -0.15) is 0 Å². The van der Waals surface area contributed by atoms with E-state index in [0.717, 1.165) is 25.7 Å². The first kappa shape index (κ1) is 14.5. The van der Waals surface area contributed by atoms with Crippen molar-refractivity contribution in [2.45, 2.75) is 44.8 Å². The summed E-state index contributed by atoms with van der Waals surface area (Å²) in [5, 5.41) is 15.3. The summed E-state index contributed by atoms with van der Waals surface area (Å²) in [6.45, 7) is 1.48. The van der Waals surface area contributed by atoms with E-state index in [1.165, 1.54) is 6.92 Å². The highest BCUT2D eigenvalue weighted by molar-refractivity contribution is 5.96. The molecule has 0 radical (unpaired) electrons. The van der Waals surface area contributed by atoms with Crippen molar-refractivity contribution in [2.75, 3.05) is 5.32 Å². The molecule has 0 heterocycles. The molecule has 0 aliphatic heterocycles. The number of Topliss-reactive ketones (excluding diaryl/α,β-unsaturated/α-hetero) is 1. The molecule has 5 nitrogen and oxygen atoms in total. The molecule has 0 unspecified atom stereocenters. The zero-order chi connectivity index (χ0) is 14.5. The minimum atomic E-state index is -0.474. The number of benzene rings is 1. The van der Waals surface area contributed by atoms with E-state index < -0.39 is 6.10 Å². The van der Waals surface area contributed by atoms with Gasteiger partial charge in [-0.15, -0.1) is 0 Å². The Kier molecular flexibility index (Phi) is 4.74. The van der Waals surface area contributed by atoms with Gasteiger partial charge in [-0.25, -0.2) is 4.79 Å². The van der Waals surface area contributed by atoms with Gasteiger partial charge in [-0.1, -0.05) is 25.0 Å². The number of nitrogens with one attached hydrogen (secondary N) is 2. The molecule has 108 valence electrons. The van der Waals surface area contributed by atoms with Crippen molar-refractivity contribution < 1.29 is 14.7 Å². The maximum atomic E-state index is 11.9. The predicted octanol–water partition coefficient (Wildman–Crippen LogP) is 2.31. The van der Waals surface area contributed by atoms with Gasteiger partial charge in [0.2, 0.25) is 0 Å². The standard InChI is InChI=1S/C15H20N2O3/c1-10(18)11-5-4-6-12(9-11)16-15(20)17-13-7-2-3-8-14(13)19/h4-6,9,13-14,19H,2-3,7-8H2,1H3,(H2,16,17,20)/t13-,14-/m1/s1. The number of aliphatic hydroxyl groups excluding tert-OH is 1. The molecule has 0 spiro atoms. The summed E-state index contributed by atoms with van der Waals surface area (Å²) >= 11 is 0. The van der Waals surface area contributed by atoms with E-state index in [-0.39, 0.29) is 17.9 Å². The lowest BCUT2D eigenvalue weighted by molar-refractivity contribution is 0.0955. The average molecular weight is 276 g/mol. The third-order valence-electron chi connectivity index (χ3n) is 3.57. The van der Waals surface area contributed by atoms with Gasteiger partial charge in [0.15, 0.2) is 5.78 Å². The topological polar surface area (TPSA) is 78.4 Å². The lowest BCUT2D eigenvalue weighted by Crippen LogP contribution is -2.46. The molecule has 2 atom stereocenters. The van der Waals surface area contributed by atoms with Crippen molar-refractivity contribution in [1.29, 1.82) is 0 Å². The summed E-state index contributed by atoms with van der Waals surface area (Å²) in [5.41, 5.74) is 1.13. The maximum Gasteiger partial charge on any atom is 0.319 e. The van der Waals surface area contributed by atoms with Crippen molar-refractivity contribution in [1.82, 2.24) is 5.32 Å². The predicted molar refractivity (Wildman–Crippen MR) is 76.9 cm³/mol. The highest BCUT2D eigenvalue weighted by Crippen LogP contribution is 2.18. The number of carbonyl (C=O) groups is 2. The second kappa shape index (κ2) is 6.52. The molecule has 1 aromatic carbocycles. The van der Waals surface area contributed by atoms with Crippen LogP contribution in [0, 0.1) is 0 Å².